The molecule has 2 N–H and O–H groups in total. The third kappa shape index (κ3) is 4.48. The lowest BCUT2D eigenvalue weighted by atomic mass is 10.3. The van der Waals surface area contributed by atoms with Gasteiger partial charge < -0.3 is 10.5 Å². The molecule has 0 aliphatic rings. The Morgan fingerprint density at radius 3 is 3.14 bits per heavy atom. The third-order valence-electron chi connectivity index (χ3n) is 1.73. The van der Waals surface area contributed by atoms with Gasteiger partial charge in [-0.15, -0.1) is 0 Å². The molecule has 0 spiro atoms. The van der Waals surface area contributed by atoms with Gasteiger partial charge in [-0.3, -0.25) is 4.98 Å². The molecule has 0 aliphatic carbocycles. The van der Waals surface area contributed by atoms with E-state index in [1.807, 2.05) is 17.8 Å². The van der Waals surface area contributed by atoms with E-state index in [4.69, 9.17) is 10.5 Å². The van der Waals surface area contributed by atoms with Crippen LogP contribution in [0.2, 0.25) is 0 Å². The Kier molecular flexibility index (Phi) is 5.40. The minimum Gasteiger partial charge on any atom is -0.399 e. The molecule has 0 unspecified atom stereocenters. The zero-order chi connectivity index (χ0) is 10.2. The van der Waals surface area contributed by atoms with Crippen molar-refractivity contribution in [3.8, 4) is 0 Å². The van der Waals surface area contributed by atoms with Crippen molar-refractivity contribution in [1.29, 1.82) is 0 Å². The molecule has 1 rings (SSSR count). The molecule has 0 saturated carbocycles. The molecule has 0 aliphatic heterocycles. The van der Waals surface area contributed by atoms with E-state index >= 15 is 0 Å². The van der Waals surface area contributed by atoms with Crippen molar-refractivity contribution in [1.82, 2.24) is 4.98 Å². The maximum absolute atomic E-state index is 5.64. The fourth-order valence-corrected chi connectivity index (χ4v) is 1.89. The first-order valence-electron chi connectivity index (χ1n) is 4.60. The maximum atomic E-state index is 5.64. The lowest BCUT2D eigenvalue weighted by Crippen LogP contribution is -1.93. The number of pyridine rings is 1. The van der Waals surface area contributed by atoms with Crippen molar-refractivity contribution >= 4 is 17.4 Å². The summed E-state index contributed by atoms with van der Waals surface area (Å²) in [6, 6.07) is 3.72. The smallest absolute Gasteiger partial charge is 0.0523 e. The summed E-state index contributed by atoms with van der Waals surface area (Å²) >= 11 is 1.86. The first-order chi connectivity index (χ1) is 6.83. The van der Waals surface area contributed by atoms with Crippen LogP contribution in [0.15, 0.2) is 18.3 Å². The third-order valence-corrected chi connectivity index (χ3v) is 2.80. The zero-order valence-electron chi connectivity index (χ0n) is 8.40. The highest BCUT2D eigenvalue weighted by molar-refractivity contribution is 7.98. The van der Waals surface area contributed by atoms with E-state index in [2.05, 4.69) is 4.98 Å². The van der Waals surface area contributed by atoms with Gasteiger partial charge in [0.05, 0.1) is 5.69 Å². The van der Waals surface area contributed by atoms with Gasteiger partial charge in [-0.25, -0.2) is 0 Å². The van der Waals surface area contributed by atoms with Gasteiger partial charge in [0.2, 0.25) is 0 Å². The van der Waals surface area contributed by atoms with Gasteiger partial charge in [0, 0.05) is 31.4 Å². The number of nitrogens with two attached hydrogens (primary N) is 1. The second kappa shape index (κ2) is 6.68. The van der Waals surface area contributed by atoms with E-state index in [-0.39, 0.29) is 0 Å². The molecule has 3 nitrogen and oxygen atoms in total. The fraction of sp³-hybridized carbons (Fsp3) is 0.500. The molecular weight excluding hydrogens is 196 g/mol. The number of nitrogen functional groups attached to an aromatic ring is 1. The number of ether oxygens (including phenoxy) is 1. The fourth-order valence-electron chi connectivity index (χ4n) is 1.06. The van der Waals surface area contributed by atoms with Crippen LogP contribution in [-0.2, 0) is 10.5 Å². The molecule has 4 heteroatoms. The Hall–Kier alpha value is -0.740. The van der Waals surface area contributed by atoms with Crippen molar-refractivity contribution in [2.45, 2.75) is 12.2 Å². The van der Waals surface area contributed by atoms with Gasteiger partial charge in [0.1, 0.15) is 0 Å². The van der Waals surface area contributed by atoms with Crippen molar-refractivity contribution in [3.05, 3.63) is 24.0 Å². The van der Waals surface area contributed by atoms with Crippen LogP contribution in [0.4, 0.5) is 5.69 Å². The van der Waals surface area contributed by atoms with Gasteiger partial charge in [-0.2, -0.15) is 11.8 Å². The molecule has 0 amide bonds. The Morgan fingerprint density at radius 1 is 1.57 bits per heavy atom. The van der Waals surface area contributed by atoms with Crippen LogP contribution >= 0.6 is 11.8 Å². The predicted molar refractivity (Wildman–Crippen MR) is 61.3 cm³/mol. The van der Waals surface area contributed by atoms with Crippen molar-refractivity contribution in [2.75, 3.05) is 25.2 Å². The molecule has 78 valence electrons. The molecular formula is C10H16N2OS. The number of anilines is 1. The van der Waals surface area contributed by atoms with Gasteiger partial charge in [-0.1, -0.05) is 0 Å². The minimum atomic E-state index is 0.785. The quantitative estimate of drug-likeness (QED) is 0.732. The van der Waals surface area contributed by atoms with Gasteiger partial charge in [-0.05, 0) is 24.3 Å². The Bertz CT molecular complexity index is 268. The van der Waals surface area contributed by atoms with Gasteiger partial charge in [0.15, 0.2) is 0 Å². The number of nitrogens with zero attached hydrogens (tertiary/aromatic N) is 1. The largest absolute Gasteiger partial charge is 0.399 e. The van der Waals surface area contributed by atoms with Crippen molar-refractivity contribution in [3.63, 3.8) is 0 Å². The van der Waals surface area contributed by atoms with Gasteiger partial charge in [0.25, 0.3) is 0 Å². The highest BCUT2D eigenvalue weighted by atomic mass is 32.2. The lowest BCUT2D eigenvalue weighted by Gasteiger charge is -2.01. The van der Waals surface area contributed by atoms with Crippen LogP contribution in [0.1, 0.15) is 12.1 Å². The summed E-state index contributed by atoms with van der Waals surface area (Å²) in [4.78, 5) is 4.23. The molecule has 14 heavy (non-hydrogen) atoms. The van der Waals surface area contributed by atoms with E-state index < -0.39 is 0 Å². The van der Waals surface area contributed by atoms with E-state index in [1.54, 1.807) is 19.4 Å². The SMILES string of the molecule is COCCCSCc1cc(N)ccn1. The van der Waals surface area contributed by atoms with Crippen molar-refractivity contribution < 1.29 is 4.74 Å². The van der Waals surface area contributed by atoms with E-state index in [0.717, 1.165) is 35.9 Å². The standard InChI is InChI=1S/C10H16N2OS/c1-13-5-2-6-14-8-10-7-9(11)3-4-12-10/h3-4,7H,2,5-6,8H2,1H3,(H2,11,12). The second-order valence-corrected chi connectivity index (χ2v) is 4.08. The average molecular weight is 212 g/mol. The topological polar surface area (TPSA) is 48.1 Å². The number of hydrogen-bond donors (Lipinski definition) is 1. The Labute approximate surface area is 89.1 Å². The normalized spacial score (nSPS) is 10.4. The molecule has 0 aromatic carbocycles. The number of hydrogen-bond acceptors (Lipinski definition) is 4. The first kappa shape index (κ1) is 11.3. The number of thioether (sulfide) groups is 1. The minimum absolute atomic E-state index is 0.785. The molecule has 0 fully saturated rings. The summed E-state index contributed by atoms with van der Waals surface area (Å²) in [5, 5.41) is 0. The Morgan fingerprint density at radius 2 is 2.43 bits per heavy atom. The number of aromatic nitrogens is 1. The van der Waals surface area contributed by atoms with E-state index in [9.17, 15) is 0 Å². The molecule has 0 atom stereocenters. The number of methoxy groups -OCH3 is 1. The predicted octanol–water partition coefficient (Wildman–Crippen LogP) is 1.93. The van der Waals surface area contributed by atoms with Gasteiger partial charge >= 0.3 is 0 Å². The molecule has 1 aromatic rings. The molecule has 1 aromatic heterocycles. The molecule has 0 saturated heterocycles. The van der Waals surface area contributed by atoms with Crippen LogP contribution in [0.5, 0.6) is 0 Å². The second-order valence-electron chi connectivity index (χ2n) is 2.98. The first-order valence-corrected chi connectivity index (χ1v) is 5.75. The van der Waals surface area contributed by atoms with Crippen LogP contribution < -0.4 is 5.73 Å². The maximum Gasteiger partial charge on any atom is 0.0523 e. The monoisotopic (exact) mass is 212 g/mol. The summed E-state index contributed by atoms with van der Waals surface area (Å²) < 4.78 is 4.96. The molecule has 1 heterocycles. The summed E-state index contributed by atoms with van der Waals surface area (Å²) in [6.45, 7) is 0.831. The van der Waals surface area contributed by atoms with Crippen LogP contribution in [0.3, 0.4) is 0 Å². The molecule has 0 bridgehead atoms. The molecule has 0 radical (unpaired) electrons. The highest BCUT2D eigenvalue weighted by Crippen LogP contribution is 2.12. The summed E-state index contributed by atoms with van der Waals surface area (Å²) in [6.07, 6.45) is 2.84. The lowest BCUT2D eigenvalue weighted by molar-refractivity contribution is 0.200. The number of rotatable bonds is 6. The van der Waals surface area contributed by atoms with Crippen molar-refractivity contribution in [2.24, 2.45) is 0 Å². The highest BCUT2D eigenvalue weighted by Gasteiger charge is 1.95. The van der Waals surface area contributed by atoms with E-state index in [1.165, 1.54) is 0 Å². The summed E-state index contributed by atoms with van der Waals surface area (Å²) in [7, 11) is 1.73. The van der Waals surface area contributed by atoms with Crippen LogP contribution in [0, 0.1) is 0 Å². The van der Waals surface area contributed by atoms with Crippen LogP contribution in [0.25, 0.3) is 0 Å². The summed E-state index contributed by atoms with van der Waals surface area (Å²) in [5.41, 5.74) is 7.47. The van der Waals surface area contributed by atoms with Crippen LogP contribution in [-0.4, -0.2) is 24.5 Å². The average Bonchev–Trinajstić information content (AvgIpc) is 2.18. The zero-order valence-corrected chi connectivity index (χ0v) is 9.22. The summed E-state index contributed by atoms with van der Waals surface area (Å²) in [5.74, 6) is 2.03. The Balaban J connectivity index is 2.18. The van der Waals surface area contributed by atoms with E-state index in [0.29, 0.717) is 0 Å².